The van der Waals surface area contributed by atoms with Gasteiger partial charge in [-0.1, -0.05) is 49.9 Å². The Morgan fingerprint density at radius 3 is 2.50 bits per heavy atom. The topological polar surface area (TPSA) is 42.9 Å². The van der Waals surface area contributed by atoms with Crippen LogP contribution in [0.4, 0.5) is 0 Å². The molecule has 0 N–H and O–H groups in total. The maximum absolute atomic E-state index is 12.1. The summed E-state index contributed by atoms with van der Waals surface area (Å²) in [5.41, 5.74) is 2.90. The summed E-state index contributed by atoms with van der Waals surface area (Å²) in [6, 6.07) is 9.68. The SMILES string of the molecule is Cc1ccnc(SCC(=O)c2ccc(C(C)C)cc2)n1. The van der Waals surface area contributed by atoms with Crippen LogP contribution in [0.1, 0.15) is 41.4 Å². The van der Waals surface area contributed by atoms with E-state index in [4.69, 9.17) is 0 Å². The van der Waals surface area contributed by atoms with Gasteiger partial charge in [-0.15, -0.1) is 0 Å². The minimum absolute atomic E-state index is 0.107. The van der Waals surface area contributed by atoms with Crippen molar-refractivity contribution >= 4 is 17.5 Å². The van der Waals surface area contributed by atoms with Crippen molar-refractivity contribution in [2.24, 2.45) is 0 Å². The molecule has 0 unspecified atom stereocenters. The van der Waals surface area contributed by atoms with Crippen molar-refractivity contribution in [1.29, 1.82) is 0 Å². The lowest BCUT2D eigenvalue weighted by Gasteiger charge is -2.06. The molecular formula is C16H18N2OS. The molecule has 0 atom stereocenters. The monoisotopic (exact) mass is 286 g/mol. The molecule has 0 saturated carbocycles. The Morgan fingerprint density at radius 1 is 1.20 bits per heavy atom. The van der Waals surface area contributed by atoms with Gasteiger partial charge in [-0.25, -0.2) is 9.97 Å². The van der Waals surface area contributed by atoms with Crippen LogP contribution in [0.25, 0.3) is 0 Å². The number of Topliss-reactive ketones (excluding diaryl/α,β-unsaturated/α-hetero) is 1. The number of thioether (sulfide) groups is 1. The van der Waals surface area contributed by atoms with Gasteiger partial charge in [-0.05, 0) is 24.5 Å². The maximum atomic E-state index is 12.1. The van der Waals surface area contributed by atoms with Crippen LogP contribution in [-0.2, 0) is 0 Å². The predicted octanol–water partition coefficient (Wildman–Crippen LogP) is 3.88. The summed E-state index contributed by atoms with van der Waals surface area (Å²) < 4.78 is 0. The Labute approximate surface area is 123 Å². The van der Waals surface area contributed by atoms with E-state index < -0.39 is 0 Å². The molecule has 0 radical (unpaired) electrons. The first-order valence-corrected chi connectivity index (χ1v) is 7.60. The number of nitrogens with zero attached hydrogens (tertiary/aromatic N) is 2. The first kappa shape index (κ1) is 14.7. The van der Waals surface area contributed by atoms with E-state index in [1.54, 1.807) is 6.20 Å². The third-order valence-corrected chi connectivity index (χ3v) is 3.87. The van der Waals surface area contributed by atoms with E-state index in [0.29, 0.717) is 16.8 Å². The Balaban J connectivity index is 1.98. The summed E-state index contributed by atoms with van der Waals surface area (Å²) in [5, 5.41) is 0.650. The van der Waals surface area contributed by atoms with Gasteiger partial charge in [-0.3, -0.25) is 4.79 Å². The van der Waals surface area contributed by atoms with Crippen molar-refractivity contribution in [3.63, 3.8) is 0 Å². The van der Waals surface area contributed by atoms with E-state index in [1.807, 2.05) is 37.3 Å². The summed E-state index contributed by atoms with van der Waals surface area (Å²) in [7, 11) is 0. The molecule has 0 spiro atoms. The zero-order valence-corrected chi connectivity index (χ0v) is 12.8. The third-order valence-electron chi connectivity index (χ3n) is 3.00. The largest absolute Gasteiger partial charge is 0.293 e. The highest BCUT2D eigenvalue weighted by Crippen LogP contribution is 2.18. The molecule has 1 heterocycles. The molecule has 0 bridgehead atoms. The molecule has 20 heavy (non-hydrogen) atoms. The highest BCUT2D eigenvalue weighted by molar-refractivity contribution is 7.99. The molecule has 0 aliphatic rings. The molecule has 104 valence electrons. The standard InChI is InChI=1S/C16H18N2OS/c1-11(2)13-4-6-14(7-5-13)15(19)10-20-16-17-9-8-12(3)18-16/h4-9,11H,10H2,1-3H3. The Bertz CT molecular complexity index is 594. The second-order valence-corrected chi connectivity index (χ2v) is 5.91. The van der Waals surface area contributed by atoms with Gasteiger partial charge in [0.2, 0.25) is 0 Å². The second kappa shape index (κ2) is 6.66. The van der Waals surface area contributed by atoms with E-state index in [1.165, 1.54) is 17.3 Å². The lowest BCUT2D eigenvalue weighted by molar-refractivity contribution is 0.102. The van der Waals surface area contributed by atoms with Crippen molar-refractivity contribution in [2.45, 2.75) is 31.8 Å². The van der Waals surface area contributed by atoms with Gasteiger partial charge in [-0.2, -0.15) is 0 Å². The highest BCUT2D eigenvalue weighted by Gasteiger charge is 2.08. The lowest BCUT2D eigenvalue weighted by atomic mass is 10.0. The fraction of sp³-hybridized carbons (Fsp3) is 0.312. The summed E-state index contributed by atoms with van der Waals surface area (Å²) in [6.45, 7) is 6.20. The molecule has 0 aliphatic heterocycles. The number of hydrogen-bond acceptors (Lipinski definition) is 4. The smallest absolute Gasteiger partial charge is 0.188 e. The van der Waals surface area contributed by atoms with E-state index in [9.17, 15) is 4.79 Å². The molecule has 3 nitrogen and oxygen atoms in total. The average Bonchev–Trinajstić information content (AvgIpc) is 2.45. The fourth-order valence-electron chi connectivity index (χ4n) is 1.76. The van der Waals surface area contributed by atoms with E-state index in [2.05, 4.69) is 23.8 Å². The zero-order chi connectivity index (χ0) is 14.5. The predicted molar refractivity (Wildman–Crippen MR) is 82.4 cm³/mol. The number of carbonyl (C=O) groups excluding carboxylic acids is 1. The quantitative estimate of drug-likeness (QED) is 0.475. The molecule has 1 aromatic heterocycles. The van der Waals surface area contributed by atoms with Gasteiger partial charge in [0.05, 0.1) is 5.75 Å². The van der Waals surface area contributed by atoms with E-state index >= 15 is 0 Å². The highest BCUT2D eigenvalue weighted by atomic mass is 32.2. The van der Waals surface area contributed by atoms with Crippen LogP contribution in [-0.4, -0.2) is 21.5 Å². The Hall–Kier alpha value is -1.68. The van der Waals surface area contributed by atoms with Crippen molar-refractivity contribution in [1.82, 2.24) is 9.97 Å². The van der Waals surface area contributed by atoms with Crippen LogP contribution in [0.3, 0.4) is 0 Å². The number of aromatic nitrogens is 2. The van der Waals surface area contributed by atoms with Crippen LogP contribution in [0.2, 0.25) is 0 Å². The summed E-state index contributed by atoms with van der Waals surface area (Å²) >= 11 is 1.38. The Morgan fingerprint density at radius 2 is 1.90 bits per heavy atom. The van der Waals surface area contributed by atoms with Gasteiger partial charge in [0.25, 0.3) is 0 Å². The fourth-order valence-corrected chi connectivity index (χ4v) is 2.53. The summed E-state index contributed by atoms with van der Waals surface area (Å²) in [5.74, 6) is 0.953. The first-order valence-electron chi connectivity index (χ1n) is 6.62. The lowest BCUT2D eigenvalue weighted by Crippen LogP contribution is -2.03. The van der Waals surface area contributed by atoms with E-state index in [0.717, 1.165) is 11.3 Å². The normalized spacial score (nSPS) is 10.8. The molecule has 0 saturated heterocycles. The number of carbonyl (C=O) groups is 1. The van der Waals surface area contributed by atoms with Crippen molar-refractivity contribution in [2.75, 3.05) is 5.75 Å². The van der Waals surface area contributed by atoms with Crippen molar-refractivity contribution in [3.8, 4) is 0 Å². The van der Waals surface area contributed by atoms with Crippen LogP contribution in [0, 0.1) is 6.92 Å². The van der Waals surface area contributed by atoms with E-state index in [-0.39, 0.29) is 5.78 Å². The molecule has 2 rings (SSSR count). The van der Waals surface area contributed by atoms with Gasteiger partial charge >= 0.3 is 0 Å². The van der Waals surface area contributed by atoms with Gasteiger partial charge < -0.3 is 0 Å². The third kappa shape index (κ3) is 3.90. The Kier molecular flexibility index (Phi) is 4.90. The van der Waals surface area contributed by atoms with Crippen LogP contribution >= 0.6 is 11.8 Å². The number of aryl methyl sites for hydroxylation is 1. The molecule has 2 aromatic rings. The van der Waals surface area contributed by atoms with Crippen LogP contribution in [0.5, 0.6) is 0 Å². The van der Waals surface area contributed by atoms with Gasteiger partial charge in [0.1, 0.15) is 0 Å². The first-order chi connectivity index (χ1) is 9.56. The molecule has 1 aromatic carbocycles. The van der Waals surface area contributed by atoms with Crippen molar-refractivity contribution in [3.05, 3.63) is 53.3 Å². The average molecular weight is 286 g/mol. The molecule has 0 fully saturated rings. The minimum atomic E-state index is 0.107. The summed E-state index contributed by atoms with van der Waals surface area (Å²) in [4.78, 5) is 20.5. The number of hydrogen-bond donors (Lipinski definition) is 0. The molecule has 0 aliphatic carbocycles. The maximum Gasteiger partial charge on any atom is 0.188 e. The molecule has 0 amide bonds. The zero-order valence-electron chi connectivity index (χ0n) is 12.0. The van der Waals surface area contributed by atoms with Crippen LogP contribution in [0.15, 0.2) is 41.7 Å². The number of ketones is 1. The second-order valence-electron chi connectivity index (χ2n) is 4.97. The summed E-state index contributed by atoms with van der Waals surface area (Å²) in [6.07, 6.45) is 1.71. The van der Waals surface area contributed by atoms with Gasteiger partial charge in [0, 0.05) is 17.5 Å². The van der Waals surface area contributed by atoms with Gasteiger partial charge in [0.15, 0.2) is 10.9 Å². The number of rotatable bonds is 5. The minimum Gasteiger partial charge on any atom is -0.293 e. The number of benzene rings is 1. The van der Waals surface area contributed by atoms with Crippen molar-refractivity contribution < 1.29 is 4.79 Å². The van der Waals surface area contributed by atoms with Crippen LogP contribution < -0.4 is 0 Å². The molecule has 4 heteroatoms. The molecular weight excluding hydrogens is 268 g/mol.